The molecule has 112 valence electrons. The molecule has 20 heavy (non-hydrogen) atoms. The van der Waals surface area contributed by atoms with Crippen molar-refractivity contribution in [1.29, 1.82) is 0 Å². The Balaban J connectivity index is 0.000000704. The Hall–Kier alpha value is -0.960. The molecule has 3 nitrogen and oxygen atoms in total. The summed E-state index contributed by atoms with van der Waals surface area (Å²) in [7, 11) is 0. The Morgan fingerprint density at radius 1 is 0.950 bits per heavy atom. The first-order valence-electron chi connectivity index (χ1n) is 8.30. The van der Waals surface area contributed by atoms with E-state index in [1.807, 2.05) is 13.8 Å². The van der Waals surface area contributed by atoms with Crippen LogP contribution >= 0.6 is 0 Å². The zero-order chi connectivity index (χ0) is 14.5. The van der Waals surface area contributed by atoms with Crippen molar-refractivity contribution >= 4 is 0 Å². The third-order valence-electron chi connectivity index (χ3n) is 4.37. The highest BCUT2D eigenvalue weighted by Crippen LogP contribution is 2.39. The molecule has 1 aromatic rings. The van der Waals surface area contributed by atoms with Gasteiger partial charge in [0.25, 0.3) is 0 Å². The number of rotatable bonds is 3. The molecule has 1 saturated heterocycles. The average molecular weight is 275 g/mol. The normalized spacial score (nSPS) is 20.6. The van der Waals surface area contributed by atoms with E-state index in [0.717, 1.165) is 11.7 Å². The van der Waals surface area contributed by atoms with Crippen LogP contribution in [0.4, 0.5) is 0 Å². The van der Waals surface area contributed by atoms with E-state index in [2.05, 4.69) is 41.1 Å². The van der Waals surface area contributed by atoms with Crippen molar-refractivity contribution in [3.8, 4) is 0 Å². The first kappa shape index (κ1) is 15.4. The molecule has 1 aliphatic heterocycles. The number of aromatic nitrogens is 2. The first-order valence-corrected chi connectivity index (χ1v) is 8.30. The van der Waals surface area contributed by atoms with Crippen molar-refractivity contribution in [2.24, 2.45) is 0 Å². The summed E-state index contributed by atoms with van der Waals surface area (Å²) >= 11 is 0. The lowest BCUT2D eigenvalue weighted by Gasteiger charge is -2.33. The molecule has 0 spiro atoms. The molecule has 3 rings (SSSR count). The molecule has 0 amide bonds. The maximum atomic E-state index is 4.60. The molecule has 1 saturated carbocycles. The Bertz CT molecular complexity index is 387. The van der Waals surface area contributed by atoms with Crippen LogP contribution in [0, 0.1) is 0 Å². The Labute approximate surface area is 123 Å². The summed E-state index contributed by atoms with van der Waals surface area (Å²) < 4.78 is 0. The van der Waals surface area contributed by atoms with E-state index in [9.17, 15) is 0 Å². The van der Waals surface area contributed by atoms with Gasteiger partial charge in [0.2, 0.25) is 0 Å². The first-order chi connectivity index (χ1) is 9.74. The maximum Gasteiger partial charge on any atom is 0.131 e. The van der Waals surface area contributed by atoms with Crippen LogP contribution in [0.15, 0.2) is 12.4 Å². The van der Waals surface area contributed by atoms with E-state index in [-0.39, 0.29) is 0 Å². The quantitative estimate of drug-likeness (QED) is 0.836. The fraction of sp³-hybridized carbons (Fsp3) is 0.765. The van der Waals surface area contributed by atoms with Gasteiger partial charge in [-0.3, -0.25) is 0 Å². The molecule has 1 aromatic heterocycles. The van der Waals surface area contributed by atoms with Crippen molar-refractivity contribution in [2.45, 2.75) is 71.3 Å². The SMILES string of the molecule is CC.CC(C)N1CCC(c2ncc(C3CC3)cn2)CC1. The second kappa shape index (κ2) is 7.16. The molecule has 0 aromatic carbocycles. The fourth-order valence-corrected chi connectivity index (χ4v) is 2.86. The second-order valence-corrected chi connectivity index (χ2v) is 6.05. The van der Waals surface area contributed by atoms with Gasteiger partial charge in [0.15, 0.2) is 0 Å². The molecule has 0 bridgehead atoms. The van der Waals surface area contributed by atoms with Gasteiger partial charge >= 0.3 is 0 Å². The van der Waals surface area contributed by atoms with E-state index in [4.69, 9.17) is 0 Å². The van der Waals surface area contributed by atoms with E-state index >= 15 is 0 Å². The van der Waals surface area contributed by atoms with Crippen LogP contribution in [-0.2, 0) is 0 Å². The van der Waals surface area contributed by atoms with E-state index in [1.165, 1.54) is 44.3 Å². The molecule has 2 fully saturated rings. The minimum Gasteiger partial charge on any atom is -0.301 e. The van der Waals surface area contributed by atoms with Gasteiger partial charge < -0.3 is 4.90 Å². The number of nitrogens with zero attached hydrogens (tertiary/aromatic N) is 3. The van der Waals surface area contributed by atoms with Gasteiger partial charge in [-0.1, -0.05) is 13.8 Å². The van der Waals surface area contributed by atoms with Gasteiger partial charge in [0, 0.05) is 24.4 Å². The lowest BCUT2D eigenvalue weighted by Crippen LogP contribution is -2.38. The summed E-state index contributed by atoms with van der Waals surface area (Å²) in [5, 5.41) is 0. The fourth-order valence-electron chi connectivity index (χ4n) is 2.86. The van der Waals surface area contributed by atoms with Gasteiger partial charge in [-0.15, -0.1) is 0 Å². The van der Waals surface area contributed by atoms with Crippen LogP contribution in [0.2, 0.25) is 0 Å². The zero-order valence-corrected chi connectivity index (χ0v) is 13.5. The van der Waals surface area contributed by atoms with Crippen LogP contribution in [-0.4, -0.2) is 34.0 Å². The van der Waals surface area contributed by atoms with Gasteiger partial charge in [0.1, 0.15) is 5.82 Å². The molecule has 0 atom stereocenters. The Morgan fingerprint density at radius 3 is 1.95 bits per heavy atom. The van der Waals surface area contributed by atoms with Crippen molar-refractivity contribution in [3.63, 3.8) is 0 Å². The molecule has 3 heteroatoms. The van der Waals surface area contributed by atoms with Crippen LogP contribution in [0.1, 0.15) is 76.6 Å². The molecular formula is C17H29N3. The van der Waals surface area contributed by atoms with E-state index in [1.54, 1.807) is 0 Å². The lowest BCUT2D eigenvalue weighted by molar-refractivity contribution is 0.169. The van der Waals surface area contributed by atoms with E-state index < -0.39 is 0 Å². The van der Waals surface area contributed by atoms with Crippen molar-refractivity contribution in [3.05, 3.63) is 23.8 Å². The number of hydrogen-bond acceptors (Lipinski definition) is 3. The summed E-state index contributed by atoms with van der Waals surface area (Å²) in [6.07, 6.45) is 9.20. The number of hydrogen-bond donors (Lipinski definition) is 0. The van der Waals surface area contributed by atoms with Crippen LogP contribution in [0.5, 0.6) is 0 Å². The van der Waals surface area contributed by atoms with Crippen LogP contribution in [0.25, 0.3) is 0 Å². The third kappa shape index (κ3) is 3.78. The van der Waals surface area contributed by atoms with Crippen molar-refractivity contribution < 1.29 is 0 Å². The van der Waals surface area contributed by atoms with Crippen LogP contribution in [0.3, 0.4) is 0 Å². The number of piperidine rings is 1. The molecule has 2 heterocycles. The molecule has 1 aliphatic carbocycles. The highest BCUT2D eigenvalue weighted by atomic mass is 15.1. The summed E-state index contributed by atoms with van der Waals surface area (Å²) in [5.74, 6) is 2.41. The maximum absolute atomic E-state index is 4.60. The summed E-state index contributed by atoms with van der Waals surface area (Å²) in [5.41, 5.74) is 1.35. The molecule has 2 aliphatic rings. The Kier molecular flexibility index (Phi) is 5.53. The highest BCUT2D eigenvalue weighted by Gasteiger charge is 2.26. The summed E-state index contributed by atoms with van der Waals surface area (Å²) in [6, 6.07) is 0.670. The van der Waals surface area contributed by atoms with Gasteiger partial charge in [-0.2, -0.15) is 0 Å². The minimum atomic E-state index is 0.577. The lowest BCUT2D eigenvalue weighted by atomic mass is 9.95. The number of likely N-dealkylation sites (tertiary alicyclic amines) is 1. The zero-order valence-electron chi connectivity index (χ0n) is 13.5. The van der Waals surface area contributed by atoms with Crippen LogP contribution < -0.4 is 0 Å². The highest BCUT2D eigenvalue weighted by molar-refractivity contribution is 5.18. The summed E-state index contributed by atoms with van der Waals surface area (Å²) in [6.45, 7) is 10.9. The van der Waals surface area contributed by atoms with Gasteiger partial charge in [-0.25, -0.2) is 9.97 Å². The third-order valence-corrected chi connectivity index (χ3v) is 4.37. The van der Waals surface area contributed by atoms with Gasteiger partial charge in [0.05, 0.1) is 0 Å². The van der Waals surface area contributed by atoms with Crippen molar-refractivity contribution in [2.75, 3.05) is 13.1 Å². The van der Waals surface area contributed by atoms with Crippen molar-refractivity contribution in [1.82, 2.24) is 14.9 Å². The molecule has 0 N–H and O–H groups in total. The van der Waals surface area contributed by atoms with Gasteiger partial charge in [-0.05, 0) is 64.1 Å². The standard InChI is InChI=1S/C15H23N3.C2H6/c1-11(2)18-7-5-13(6-8-18)15-16-9-14(10-17-15)12-3-4-12;1-2/h9-13H,3-8H2,1-2H3;1-2H3. The average Bonchev–Trinajstić information content (AvgIpc) is 3.34. The topological polar surface area (TPSA) is 29.0 Å². The summed E-state index contributed by atoms with van der Waals surface area (Å²) in [4.78, 5) is 11.8. The molecular weight excluding hydrogens is 246 g/mol. The largest absolute Gasteiger partial charge is 0.301 e. The predicted molar refractivity (Wildman–Crippen MR) is 84.0 cm³/mol. The molecule has 0 radical (unpaired) electrons. The molecule has 0 unspecified atom stereocenters. The second-order valence-electron chi connectivity index (χ2n) is 6.05. The minimum absolute atomic E-state index is 0.577. The Morgan fingerprint density at radius 2 is 1.50 bits per heavy atom. The smallest absolute Gasteiger partial charge is 0.131 e. The van der Waals surface area contributed by atoms with E-state index in [0.29, 0.717) is 12.0 Å². The predicted octanol–water partition coefficient (Wildman–Crippen LogP) is 3.97. The monoisotopic (exact) mass is 275 g/mol.